The molecule has 7 nitrogen and oxygen atoms in total. The van der Waals surface area contributed by atoms with Gasteiger partial charge in [0.1, 0.15) is 11.4 Å². The molecule has 0 radical (unpaired) electrons. The lowest BCUT2D eigenvalue weighted by Crippen LogP contribution is -2.27. The number of aromatic nitrogens is 1. The van der Waals surface area contributed by atoms with Crippen LogP contribution in [0.15, 0.2) is 54.6 Å². The number of fused-ring (bicyclic) bond motifs is 1. The summed E-state index contributed by atoms with van der Waals surface area (Å²) in [5.41, 5.74) is 7.54. The minimum atomic E-state index is -0.755. The number of para-hydroxylation sites is 1. The summed E-state index contributed by atoms with van der Waals surface area (Å²) in [5, 5.41) is 13.1. The zero-order chi connectivity index (χ0) is 24.2. The second kappa shape index (κ2) is 13.4. The lowest BCUT2D eigenvalue weighted by atomic mass is 9.93. The van der Waals surface area contributed by atoms with E-state index < -0.39 is 11.9 Å². The summed E-state index contributed by atoms with van der Waals surface area (Å²) < 4.78 is 5.75. The summed E-state index contributed by atoms with van der Waals surface area (Å²) in [5.74, 6) is 0.594. The topological polar surface area (TPSA) is 117 Å². The van der Waals surface area contributed by atoms with Gasteiger partial charge in [-0.15, -0.1) is 0 Å². The lowest BCUT2D eigenvalue weighted by Gasteiger charge is -2.22. The van der Waals surface area contributed by atoms with Gasteiger partial charge in [0, 0.05) is 17.3 Å². The second-order valence-corrected chi connectivity index (χ2v) is 8.71. The molecule has 0 atom stereocenters. The van der Waals surface area contributed by atoms with Crippen LogP contribution in [-0.4, -0.2) is 41.7 Å². The fourth-order valence-corrected chi connectivity index (χ4v) is 4.11. The van der Waals surface area contributed by atoms with Gasteiger partial charge in [-0.1, -0.05) is 36.8 Å². The average Bonchev–Trinajstić information content (AvgIpc) is 3.29. The molecule has 0 bridgehead atoms. The molecule has 34 heavy (non-hydrogen) atoms. The van der Waals surface area contributed by atoms with Gasteiger partial charge in [-0.3, -0.25) is 9.59 Å². The minimum absolute atomic E-state index is 0.177. The first-order valence-electron chi connectivity index (χ1n) is 12.0. The maximum atomic E-state index is 10.8. The fraction of sp³-hybridized carbons (Fsp3) is 0.407. The number of rotatable bonds is 10. The number of primary amides is 1. The maximum Gasteiger partial charge on any atom is 0.303 e. The van der Waals surface area contributed by atoms with Crippen LogP contribution in [0.25, 0.3) is 10.9 Å². The minimum Gasteiger partial charge on any atom is -0.494 e. The average molecular weight is 466 g/mol. The first-order chi connectivity index (χ1) is 16.5. The van der Waals surface area contributed by atoms with E-state index in [1.807, 2.05) is 48.5 Å². The third kappa shape index (κ3) is 8.56. The van der Waals surface area contributed by atoms with Gasteiger partial charge in [-0.25, -0.2) is 0 Å². The van der Waals surface area contributed by atoms with E-state index in [2.05, 4.69) is 10.3 Å². The van der Waals surface area contributed by atoms with Crippen molar-refractivity contribution in [2.45, 2.75) is 44.9 Å². The van der Waals surface area contributed by atoms with Gasteiger partial charge in [0.05, 0.1) is 6.61 Å². The zero-order valence-corrected chi connectivity index (χ0v) is 19.6. The number of hydrogen-bond acceptors (Lipinski definition) is 4. The Morgan fingerprint density at radius 3 is 2.44 bits per heavy atom. The van der Waals surface area contributed by atoms with E-state index in [1.54, 1.807) is 6.07 Å². The molecule has 1 amide bonds. The molecule has 3 aromatic rings. The number of ether oxygens (including phenoxy) is 1. The number of benzene rings is 2. The standard InChI is InChI=1S/C18H27NO3.C9H8N2O/c20-18(21)9-6-16-4-7-17(8-5-16)22-14-2-1-3-15-10-12-19-13-11-15;10-9(12)8-5-6-3-1-2-4-7(6)11-8/h4-5,7-8,15,19H,1-3,6,9-14H2,(H,20,21);1-5,11H,(H2,10,12). The first-order valence-corrected chi connectivity index (χ1v) is 12.0. The van der Waals surface area contributed by atoms with Crippen molar-refractivity contribution in [2.24, 2.45) is 11.7 Å². The number of unbranched alkanes of at least 4 members (excludes halogenated alkanes) is 1. The Labute approximate surface area is 200 Å². The smallest absolute Gasteiger partial charge is 0.303 e. The van der Waals surface area contributed by atoms with Crippen LogP contribution in [0.2, 0.25) is 0 Å². The normalized spacial score (nSPS) is 13.8. The number of hydrogen-bond donors (Lipinski definition) is 4. The quantitative estimate of drug-likeness (QED) is 0.328. The molecule has 1 fully saturated rings. The highest BCUT2D eigenvalue weighted by Crippen LogP contribution is 2.19. The Balaban J connectivity index is 0.000000226. The van der Waals surface area contributed by atoms with Crippen LogP contribution in [-0.2, 0) is 11.2 Å². The summed E-state index contributed by atoms with van der Waals surface area (Å²) in [7, 11) is 0. The van der Waals surface area contributed by atoms with Gasteiger partial charge >= 0.3 is 5.97 Å². The fourth-order valence-electron chi connectivity index (χ4n) is 4.11. The number of aromatic amines is 1. The van der Waals surface area contributed by atoms with E-state index in [-0.39, 0.29) is 6.42 Å². The van der Waals surface area contributed by atoms with E-state index in [0.717, 1.165) is 41.2 Å². The van der Waals surface area contributed by atoms with Gasteiger partial charge < -0.3 is 25.9 Å². The number of carbonyl (C=O) groups excluding carboxylic acids is 1. The third-order valence-corrected chi connectivity index (χ3v) is 6.08. The number of nitrogens with one attached hydrogen (secondary N) is 2. The number of piperidine rings is 1. The molecule has 1 saturated heterocycles. The highest BCUT2D eigenvalue weighted by atomic mass is 16.5. The highest BCUT2D eigenvalue weighted by Gasteiger charge is 2.12. The SMILES string of the molecule is NC(=O)c1cc2ccccc2[nH]1.O=C(O)CCc1ccc(OCCCCC2CCNCC2)cc1. The van der Waals surface area contributed by atoms with Crippen molar-refractivity contribution in [3.8, 4) is 5.75 Å². The largest absolute Gasteiger partial charge is 0.494 e. The van der Waals surface area contributed by atoms with Crippen molar-refractivity contribution in [3.05, 3.63) is 65.9 Å². The van der Waals surface area contributed by atoms with E-state index in [4.69, 9.17) is 15.6 Å². The van der Waals surface area contributed by atoms with Gasteiger partial charge in [0.25, 0.3) is 5.91 Å². The van der Waals surface area contributed by atoms with E-state index in [9.17, 15) is 9.59 Å². The maximum absolute atomic E-state index is 10.8. The molecular formula is C27H35N3O4. The van der Waals surface area contributed by atoms with Crippen molar-refractivity contribution in [3.63, 3.8) is 0 Å². The Kier molecular flexibility index (Phi) is 9.98. The molecule has 0 unspecified atom stereocenters. The molecule has 1 aromatic heterocycles. The zero-order valence-electron chi connectivity index (χ0n) is 19.6. The van der Waals surface area contributed by atoms with Crippen LogP contribution >= 0.6 is 0 Å². The molecule has 0 spiro atoms. The number of H-pyrrole nitrogens is 1. The summed E-state index contributed by atoms with van der Waals surface area (Å²) in [6.07, 6.45) is 7.05. The summed E-state index contributed by atoms with van der Waals surface area (Å²) in [6.45, 7) is 3.12. The second-order valence-electron chi connectivity index (χ2n) is 8.71. The molecule has 1 aliphatic rings. The Morgan fingerprint density at radius 1 is 1.03 bits per heavy atom. The predicted octanol–water partition coefficient (Wildman–Crippen LogP) is 4.52. The van der Waals surface area contributed by atoms with Crippen LogP contribution in [0, 0.1) is 5.92 Å². The number of carbonyl (C=O) groups is 2. The Hall–Kier alpha value is -3.32. The number of amides is 1. The van der Waals surface area contributed by atoms with Crippen LogP contribution in [0.1, 0.15) is 54.6 Å². The van der Waals surface area contributed by atoms with Crippen molar-refractivity contribution in [1.82, 2.24) is 10.3 Å². The van der Waals surface area contributed by atoms with Crippen molar-refractivity contribution in [1.29, 1.82) is 0 Å². The van der Waals surface area contributed by atoms with Gasteiger partial charge in [-0.2, -0.15) is 0 Å². The van der Waals surface area contributed by atoms with Crippen molar-refractivity contribution in [2.75, 3.05) is 19.7 Å². The molecule has 0 saturated carbocycles. The van der Waals surface area contributed by atoms with Gasteiger partial charge in [0.15, 0.2) is 0 Å². The summed E-state index contributed by atoms with van der Waals surface area (Å²) >= 11 is 0. The molecule has 4 rings (SSSR count). The van der Waals surface area contributed by atoms with Crippen LogP contribution < -0.4 is 15.8 Å². The van der Waals surface area contributed by atoms with E-state index in [1.165, 1.54) is 38.8 Å². The monoisotopic (exact) mass is 465 g/mol. The number of aryl methyl sites for hydroxylation is 1. The first kappa shape index (κ1) is 25.3. The summed E-state index contributed by atoms with van der Waals surface area (Å²) in [4.78, 5) is 24.2. The van der Waals surface area contributed by atoms with Gasteiger partial charge in [-0.05, 0) is 80.9 Å². The highest BCUT2D eigenvalue weighted by molar-refractivity contribution is 5.96. The number of carboxylic acid groups (broad SMARTS) is 1. The Morgan fingerprint density at radius 2 is 1.76 bits per heavy atom. The number of carboxylic acids is 1. The molecule has 5 N–H and O–H groups in total. The van der Waals surface area contributed by atoms with E-state index >= 15 is 0 Å². The molecular weight excluding hydrogens is 430 g/mol. The molecule has 2 heterocycles. The lowest BCUT2D eigenvalue weighted by molar-refractivity contribution is -0.136. The summed E-state index contributed by atoms with van der Waals surface area (Å²) in [6, 6.07) is 17.2. The predicted molar refractivity (Wildman–Crippen MR) is 134 cm³/mol. The molecule has 2 aromatic carbocycles. The molecule has 182 valence electrons. The van der Waals surface area contributed by atoms with E-state index in [0.29, 0.717) is 12.1 Å². The molecule has 1 aliphatic heterocycles. The third-order valence-electron chi connectivity index (χ3n) is 6.08. The van der Waals surface area contributed by atoms with Crippen molar-refractivity contribution >= 4 is 22.8 Å². The number of nitrogens with two attached hydrogens (primary N) is 1. The van der Waals surface area contributed by atoms with Crippen LogP contribution in [0.5, 0.6) is 5.75 Å². The molecule has 7 heteroatoms. The van der Waals surface area contributed by atoms with Gasteiger partial charge in [0.2, 0.25) is 0 Å². The van der Waals surface area contributed by atoms with Crippen molar-refractivity contribution < 1.29 is 19.4 Å². The Bertz CT molecular complexity index is 1010. The molecule has 0 aliphatic carbocycles. The van der Waals surface area contributed by atoms with Crippen LogP contribution in [0.3, 0.4) is 0 Å². The van der Waals surface area contributed by atoms with Crippen LogP contribution in [0.4, 0.5) is 0 Å². The number of aliphatic carboxylic acids is 1.